The molecule has 3 aromatic rings. The van der Waals surface area contributed by atoms with E-state index in [0.29, 0.717) is 17.9 Å². The van der Waals surface area contributed by atoms with Gasteiger partial charge in [0, 0.05) is 23.8 Å². The summed E-state index contributed by atoms with van der Waals surface area (Å²) < 4.78 is 0. The maximum absolute atomic E-state index is 13.3. The molecule has 0 radical (unpaired) electrons. The third-order valence-electron chi connectivity index (χ3n) is 6.32. The van der Waals surface area contributed by atoms with Crippen LogP contribution in [0.25, 0.3) is 0 Å². The molecule has 1 fully saturated rings. The zero-order valence-corrected chi connectivity index (χ0v) is 18.9. The Bertz CT molecular complexity index is 1130. The molecule has 2 aliphatic rings. The molecule has 32 heavy (non-hydrogen) atoms. The summed E-state index contributed by atoms with van der Waals surface area (Å²) in [6, 6.07) is 26.4. The number of hydrogen-bond donors (Lipinski definition) is 0. The lowest BCUT2D eigenvalue weighted by atomic mass is 10.1. The van der Waals surface area contributed by atoms with Crippen LogP contribution < -0.4 is 4.90 Å². The number of amides is 2. The summed E-state index contributed by atoms with van der Waals surface area (Å²) in [5.74, 6) is 0.714. The van der Waals surface area contributed by atoms with E-state index in [-0.39, 0.29) is 23.2 Å². The van der Waals surface area contributed by atoms with Crippen molar-refractivity contribution in [1.82, 2.24) is 4.90 Å². The smallest absolute Gasteiger partial charge is 0.258 e. The van der Waals surface area contributed by atoms with Crippen molar-refractivity contribution in [2.75, 3.05) is 17.2 Å². The number of thioether (sulfide) groups is 1. The van der Waals surface area contributed by atoms with Crippen LogP contribution >= 0.6 is 11.8 Å². The molecule has 4 nitrogen and oxygen atoms in total. The second kappa shape index (κ2) is 8.83. The summed E-state index contributed by atoms with van der Waals surface area (Å²) >= 11 is 1.66. The second-order valence-corrected chi connectivity index (χ2v) is 9.53. The third kappa shape index (κ3) is 3.93. The van der Waals surface area contributed by atoms with Crippen molar-refractivity contribution < 1.29 is 9.59 Å². The largest absolute Gasteiger partial charge is 0.326 e. The molecule has 2 heterocycles. The highest BCUT2D eigenvalue weighted by Gasteiger charge is 2.34. The van der Waals surface area contributed by atoms with E-state index < -0.39 is 0 Å². The first-order valence-electron chi connectivity index (χ1n) is 11.1. The van der Waals surface area contributed by atoms with Gasteiger partial charge in [0.15, 0.2) is 0 Å². The lowest BCUT2D eigenvalue weighted by molar-refractivity contribution is -0.128. The van der Waals surface area contributed by atoms with Gasteiger partial charge in [-0.2, -0.15) is 0 Å². The fourth-order valence-electron chi connectivity index (χ4n) is 4.67. The molecule has 5 heteroatoms. The van der Waals surface area contributed by atoms with Gasteiger partial charge < -0.3 is 9.80 Å². The van der Waals surface area contributed by atoms with E-state index in [2.05, 4.69) is 25.1 Å². The first-order valence-corrected chi connectivity index (χ1v) is 12.1. The molecule has 1 saturated heterocycles. The number of benzene rings is 3. The van der Waals surface area contributed by atoms with Crippen LogP contribution in [-0.2, 0) is 17.6 Å². The van der Waals surface area contributed by atoms with Gasteiger partial charge >= 0.3 is 0 Å². The van der Waals surface area contributed by atoms with Gasteiger partial charge in [0.1, 0.15) is 5.37 Å². The van der Waals surface area contributed by atoms with Crippen LogP contribution in [0.4, 0.5) is 5.69 Å². The normalized spacial score (nSPS) is 20.0. The molecule has 0 bridgehead atoms. The Morgan fingerprint density at radius 2 is 1.69 bits per heavy atom. The molecule has 2 aliphatic heterocycles. The van der Waals surface area contributed by atoms with E-state index in [9.17, 15) is 9.59 Å². The Morgan fingerprint density at radius 3 is 2.47 bits per heavy atom. The molecular weight excluding hydrogens is 416 g/mol. The van der Waals surface area contributed by atoms with Crippen molar-refractivity contribution in [3.63, 3.8) is 0 Å². The minimum absolute atomic E-state index is 0.00167. The van der Waals surface area contributed by atoms with Crippen molar-refractivity contribution in [1.29, 1.82) is 0 Å². The summed E-state index contributed by atoms with van der Waals surface area (Å²) in [5, 5.41) is 0.00167. The van der Waals surface area contributed by atoms with Crippen molar-refractivity contribution >= 4 is 29.3 Å². The fraction of sp³-hybridized carbons (Fsp3) is 0.259. The Balaban J connectivity index is 1.32. The molecule has 0 aliphatic carbocycles. The van der Waals surface area contributed by atoms with E-state index in [1.54, 1.807) is 11.8 Å². The minimum Gasteiger partial charge on any atom is -0.326 e. The maximum atomic E-state index is 13.3. The molecule has 0 N–H and O–H groups in total. The van der Waals surface area contributed by atoms with Gasteiger partial charge in [-0.25, -0.2) is 0 Å². The quantitative estimate of drug-likeness (QED) is 0.552. The minimum atomic E-state index is 0.00167. The van der Waals surface area contributed by atoms with Crippen molar-refractivity contribution in [3.8, 4) is 0 Å². The van der Waals surface area contributed by atoms with Gasteiger partial charge in [0.05, 0.1) is 5.75 Å². The highest BCUT2D eigenvalue weighted by Crippen LogP contribution is 2.39. The predicted octanol–water partition coefficient (Wildman–Crippen LogP) is 5.09. The Labute approximate surface area is 193 Å². The molecule has 5 rings (SSSR count). The van der Waals surface area contributed by atoms with E-state index in [0.717, 1.165) is 24.1 Å². The van der Waals surface area contributed by atoms with Gasteiger partial charge in [-0.15, -0.1) is 11.8 Å². The monoisotopic (exact) mass is 442 g/mol. The van der Waals surface area contributed by atoms with Crippen LogP contribution in [0.3, 0.4) is 0 Å². The van der Waals surface area contributed by atoms with Crippen LogP contribution in [-0.4, -0.2) is 35.1 Å². The van der Waals surface area contributed by atoms with Crippen LogP contribution in [0.5, 0.6) is 0 Å². The second-order valence-electron chi connectivity index (χ2n) is 8.47. The first-order chi connectivity index (χ1) is 15.6. The van der Waals surface area contributed by atoms with Crippen molar-refractivity contribution in [3.05, 3.63) is 101 Å². The SMILES string of the molecule is CC1Cc2ccccc2N1C(=O)c1ccc(C2SCC(=O)N2CCc2ccccc2)cc1. The molecule has 0 saturated carbocycles. The number of hydrogen-bond acceptors (Lipinski definition) is 3. The highest BCUT2D eigenvalue weighted by atomic mass is 32.2. The predicted molar refractivity (Wildman–Crippen MR) is 130 cm³/mol. The van der Waals surface area contributed by atoms with Gasteiger partial charge in [-0.1, -0.05) is 60.7 Å². The van der Waals surface area contributed by atoms with Gasteiger partial charge in [-0.3, -0.25) is 9.59 Å². The van der Waals surface area contributed by atoms with Crippen LogP contribution in [0.2, 0.25) is 0 Å². The topological polar surface area (TPSA) is 40.6 Å². The summed E-state index contributed by atoms with van der Waals surface area (Å²) in [6.45, 7) is 2.79. The molecule has 3 aromatic carbocycles. The van der Waals surface area contributed by atoms with Gasteiger partial charge in [0.2, 0.25) is 5.91 Å². The van der Waals surface area contributed by atoms with E-state index in [1.165, 1.54) is 11.1 Å². The third-order valence-corrected chi connectivity index (χ3v) is 7.58. The average Bonchev–Trinajstić information content (AvgIpc) is 3.36. The van der Waals surface area contributed by atoms with Crippen LogP contribution in [0.15, 0.2) is 78.9 Å². The number of carbonyl (C=O) groups is 2. The Hall–Kier alpha value is -3.05. The standard InChI is InChI=1S/C27H26N2O2S/c1-19-17-23-9-5-6-10-24(23)29(19)26(31)21-11-13-22(14-12-21)27-28(25(30)18-32-27)16-15-20-7-3-2-4-8-20/h2-14,19,27H,15-18H2,1H3. The van der Waals surface area contributed by atoms with Crippen LogP contribution in [0.1, 0.15) is 39.3 Å². The zero-order valence-electron chi connectivity index (χ0n) is 18.1. The Kier molecular flexibility index (Phi) is 5.75. The highest BCUT2D eigenvalue weighted by molar-refractivity contribution is 8.00. The van der Waals surface area contributed by atoms with Crippen molar-refractivity contribution in [2.45, 2.75) is 31.2 Å². The fourth-order valence-corrected chi connectivity index (χ4v) is 5.89. The van der Waals surface area contributed by atoms with E-state index in [1.807, 2.05) is 70.5 Å². The number of carbonyl (C=O) groups excluding carboxylic acids is 2. The summed E-state index contributed by atoms with van der Waals surface area (Å²) in [5.41, 5.74) is 5.22. The molecular formula is C27H26N2O2S. The van der Waals surface area contributed by atoms with Crippen LogP contribution in [0, 0.1) is 0 Å². The molecule has 2 amide bonds. The number of anilines is 1. The lowest BCUT2D eigenvalue weighted by Crippen LogP contribution is -2.35. The van der Waals surface area contributed by atoms with Crippen molar-refractivity contribution in [2.24, 2.45) is 0 Å². The molecule has 2 atom stereocenters. The molecule has 2 unspecified atom stereocenters. The zero-order chi connectivity index (χ0) is 22.1. The number of para-hydroxylation sites is 1. The molecule has 0 spiro atoms. The van der Waals surface area contributed by atoms with E-state index in [4.69, 9.17) is 0 Å². The van der Waals surface area contributed by atoms with Gasteiger partial charge in [0.25, 0.3) is 5.91 Å². The number of nitrogens with zero attached hydrogens (tertiary/aromatic N) is 2. The summed E-state index contributed by atoms with van der Waals surface area (Å²) in [7, 11) is 0. The first kappa shape index (κ1) is 20.8. The Morgan fingerprint density at radius 1 is 0.969 bits per heavy atom. The number of rotatable bonds is 5. The number of fused-ring (bicyclic) bond motifs is 1. The molecule has 0 aromatic heterocycles. The van der Waals surface area contributed by atoms with E-state index >= 15 is 0 Å². The average molecular weight is 443 g/mol. The maximum Gasteiger partial charge on any atom is 0.258 e. The summed E-state index contributed by atoms with van der Waals surface area (Å²) in [4.78, 5) is 29.7. The molecule has 162 valence electrons. The van der Waals surface area contributed by atoms with Gasteiger partial charge in [-0.05, 0) is 54.7 Å². The lowest BCUT2D eigenvalue weighted by Gasteiger charge is -2.25. The summed E-state index contributed by atoms with van der Waals surface area (Å²) in [6.07, 6.45) is 1.73.